The SMILES string of the molecule is NCc1ccc(F)c(COc2ccc3ccccc3c2)c1. The molecule has 0 saturated carbocycles. The number of rotatable bonds is 4. The van der Waals surface area contributed by atoms with Gasteiger partial charge in [-0.25, -0.2) is 4.39 Å². The molecular weight excluding hydrogens is 265 g/mol. The second-order valence-corrected chi connectivity index (χ2v) is 4.93. The van der Waals surface area contributed by atoms with E-state index in [1.807, 2.05) is 42.5 Å². The fourth-order valence-corrected chi connectivity index (χ4v) is 2.28. The Hall–Kier alpha value is -2.39. The van der Waals surface area contributed by atoms with Crippen molar-refractivity contribution in [2.75, 3.05) is 0 Å². The number of ether oxygens (including phenoxy) is 1. The molecule has 2 N–H and O–H groups in total. The molecule has 0 spiro atoms. The summed E-state index contributed by atoms with van der Waals surface area (Å²) in [5.41, 5.74) is 6.99. The van der Waals surface area contributed by atoms with E-state index in [0.717, 1.165) is 22.1 Å². The maximum absolute atomic E-state index is 13.7. The van der Waals surface area contributed by atoms with Crippen molar-refractivity contribution in [1.82, 2.24) is 0 Å². The lowest BCUT2D eigenvalue weighted by Crippen LogP contribution is -2.02. The van der Waals surface area contributed by atoms with Crippen molar-refractivity contribution in [2.24, 2.45) is 5.73 Å². The number of hydrogen-bond donors (Lipinski definition) is 1. The first-order valence-electron chi connectivity index (χ1n) is 6.85. The second kappa shape index (κ2) is 5.94. The van der Waals surface area contributed by atoms with Gasteiger partial charge in [0.2, 0.25) is 0 Å². The summed E-state index contributed by atoms with van der Waals surface area (Å²) in [6, 6.07) is 18.8. The van der Waals surface area contributed by atoms with Crippen LogP contribution < -0.4 is 10.5 Å². The third kappa shape index (κ3) is 3.03. The van der Waals surface area contributed by atoms with Crippen LogP contribution in [0.4, 0.5) is 4.39 Å². The standard InChI is InChI=1S/C18H16FNO/c19-18-8-5-13(11-20)9-16(18)12-21-17-7-6-14-3-1-2-4-15(14)10-17/h1-10H,11-12,20H2. The zero-order valence-electron chi connectivity index (χ0n) is 11.6. The molecule has 0 radical (unpaired) electrons. The molecule has 0 aliphatic heterocycles. The predicted molar refractivity (Wildman–Crippen MR) is 82.6 cm³/mol. The van der Waals surface area contributed by atoms with E-state index in [9.17, 15) is 4.39 Å². The highest BCUT2D eigenvalue weighted by Gasteiger charge is 2.05. The van der Waals surface area contributed by atoms with Gasteiger partial charge in [-0.15, -0.1) is 0 Å². The first-order valence-corrected chi connectivity index (χ1v) is 6.85. The Balaban J connectivity index is 1.80. The molecule has 0 amide bonds. The molecule has 3 aromatic carbocycles. The normalized spacial score (nSPS) is 10.8. The molecule has 21 heavy (non-hydrogen) atoms. The number of benzene rings is 3. The van der Waals surface area contributed by atoms with Crippen molar-refractivity contribution in [3.63, 3.8) is 0 Å². The molecule has 0 bridgehead atoms. The zero-order valence-corrected chi connectivity index (χ0v) is 11.6. The van der Waals surface area contributed by atoms with Crippen LogP contribution in [-0.4, -0.2) is 0 Å². The summed E-state index contributed by atoms with van der Waals surface area (Å²) < 4.78 is 19.4. The lowest BCUT2D eigenvalue weighted by Gasteiger charge is -2.09. The van der Waals surface area contributed by atoms with E-state index in [-0.39, 0.29) is 12.4 Å². The summed E-state index contributed by atoms with van der Waals surface area (Å²) in [5, 5.41) is 2.26. The zero-order chi connectivity index (χ0) is 14.7. The molecule has 0 aliphatic carbocycles. The Morgan fingerprint density at radius 1 is 0.905 bits per heavy atom. The number of halogens is 1. The van der Waals surface area contributed by atoms with Crippen LogP contribution in [0.25, 0.3) is 10.8 Å². The fourth-order valence-electron chi connectivity index (χ4n) is 2.28. The highest BCUT2D eigenvalue weighted by Crippen LogP contribution is 2.22. The van der Waals surface area contributed by atoms with Crippen LogP contribution in [0.15, 0.2) is 60.7 Å². The molecule has 3 aromatic rings. The molecule has 0 heterocycles. The Morgan fingerprint density at radius 3 is 2.52 bits per heavy atom. The van der Waals surface area contributed by atoms with Gasteiger partial charge in [0.1, 0.15) is 18.2 Å². The number of nitrogens with two attached hydrogens (primary N) is 1. The van der Waals surface area contributed by atoms with Gasteiger partial charge in [0.05, 0.1) is 0 Å². The summed E-state index contributed by atoms with van der Waals surface area (Å²) in [6.45, 7) is 0.585. The van der Waals surface area contributed by atoms with Gasteiger partial charge in [-0.1, -0.05) is 36.4 Å². The van der Waals surface area contributed by atoms with Crippen LogP contribution in [-0.2, 0) is 13.2 Å². The molecule has 0 saturated heterocycles. The molecule has 3 rings (SSSR count). The molecule has 0 fully saturated rings. The van der Waals surface area contributed by atoms with E-state index < -0.39 is 0 Å². The molecule has 2 nitrogen and oxygen atoms in total. The maximum Gasteiger partial charge on any atom is 0.129 e. The van der Waals surface area contributed by atoms with Crippen molar-refractivity contribution in [3.05, 3.63) is 77.6 Å². The van der Waals surface area contributed by atoms with Crippen LogP contribution in [0.2, 0.25) is 0 Å². The summed E-state index contributed by atoms with van der Waals surface area (Å²) in [7, 11) is 0. The third-order valence-electron chi connectivity index (χ3n) is 3.46. The minimum Gasteiger partial charge on any atom is -0.489 e. The lowest BCUT2D eigenvalue weighted by molar-refractivity contribution is 0.300. The van der Waals surface area contributed by atoms with E-state index in [1.54, 1.807) is 12.1 Å². The largest absolute Gasteiger partial charge is 0.489 e. The minimum atomic E-state index is -0.270. The molecule has 3 heteroatoms. The van der Waals surface area contributed by atoms with Gasteiger partial charge in [0.15, 0.2) is 0 Å². The molecular formula is C18H16FNO. The summed E-state index contributed by atoms with van der Waals surface area (Å²) in [4.78, 5) is 0. The molecule has 0 atom stereocenters. The van der Waals surface area contributed by atoms with Crippen LogP contribution >= 0.6 is 0 Å². The predicted octanol–water partition coefficient (Wildman–Crippen LogP) is 4.02. The molecule has 0 unspecified atom stereocenters. The minimum absolute atomic E-state index is 0.192. The maximum atomic E-state index is 13.7. The van der Waals surface area contributed by atoms with Crippen molar-refractivity contribution in [3.8, 4) is 5.75 Å². The van der Waals surface area contributed by atoms with Crippen LogP contribution in [0.5, 0.6) is 5.75 Å². The first-order chi connectivity index (χ1) is 10.3. The second-order valence-electron chi connectivity index (χ2n) is 4.93. The number of fused-ring (bicyclic) bond motifs is 1. The van der Waals surface area contributed by atoms with Gasteiger partial charge < -0.3 is 10.5 Å². The molecule has 0 aliphatic rings. The van der Waals surface area contributed by atoms with Gasteiger partial charge in [-0.3, -0.25) is 0 Å². The van der Waals surface area contributed by atoms with Crippen LogP contribution in [0.1, 0.15) is 11.1 Å². The average molecular weight is 281 g/mol. The van der Waals surface area contributed by atoms with Gasteiger partial charge >= 0.3 is 0 Å². The highest BCUT2D eigenvalue weighted by atomic mass is 19.1. The quantitative estimate of drug-likeness (QED) is 0.784. The van der Waals surface area contributed by atoms with E-state index in [4.69, 9.17) is 10.5 Å². The van der Waals surface area contributed by atoms with E-state index >= 15 is 0 Å². The summed E-state index contributed by atoms with van der Waals surface area (Å²) >= 11 is 0. The van der Waals surface area contributed by atoms with E-state index in [2.05, 4.69) is 0 Å². The smallest absolute Gasteiger partial charge is 0.129 e. The van der Waals surface area contributed by atoms with Gasteiger partial charge in [0, 0.05) is 12.1 Å². The fraction of sp³-hybridized carbons (Fsp3) is 0.111. The monoisotopic (exact) mass is 281 g/mol. The Morgan fingerprint density at radius 2 is 1.71 bits per heavy atom. The third-order valence-corrected chi connectivity index (χ3v) is 3.46. The summed E-state index contributed by atoms with van der Waals surface area (Å²) in [5.74, 6) is 0.458. The highest BCUT2D eigenvalue weighted by molar-refractivity contribution is 5.83. The average Bonchev–Trinajstić information content (AvgIpc) is 2.54. The van der Waals surface area contributed by atoms with Gasteiger partial charge in [-0.05, 0) is 40.6 Å². The van der Waals surface area contributed by atoms with E-state index in [1.165, 1.54) is 6.07 Å². The molecule has 0 aromatic heterocycles. The Labute approximate surface area is 123 Å². The van der Waals surface area contributed by atoms with Crippen molar-refractivity contribution >= 4 is 10.8 Å². The van der Waals surface area contributed by atoms with Crippen molar-refractivity contribution in [2.45, 2.75) is 13.2 Å². The molecule has 106 valence electrons. The van der Waals surface area contributed by atoms with Crippen LogP contribution in [0.3, 0.4) is 0 Å². The van der Waals surface area contributed by atoms with Crippen molar-refractivity contribution in [1.29, 1.82) is 0 Å². The van der Waals surface area contributed by atoms with E-state index in [0.29, 0.717) is 12.1 Å². The topological polar surface area (TPSA) is 35.2 Å². The lowest BCUT2D eigenvalue weighted by atomic mass is 10.1. The summed E-state index contributed by atoms with van der Waals surface area (Å²) in [6.07, 6.45) is 0. The van der Waals surface area contributed by atoms with Crippen molar-refractivity contribution < 1.29 is 9.13 Å². The van der Waals surface area contributed by atoms with Gasteiger partial charge in [0.25, 0.3) is 0 Å². The Bertz CT molecular complexity index is 770. The van der Waals surface area contributed by atoms with Crippen LogP contribution in [0, 0.1) is 5.82 Å². The Kier molecular flexibility index (Phi) is 3.84. The number of hydrogen-bond acceptors (Lipinski definition) is 2. The first kappa shape index (κ1) is 13.6. The van der Waals surface area contributed by atoms with Gasteiger partial charge in [-0.2, -0.15) is 0 Å².